The quantitative estimate of drug-likeness (QED) is 0.555. The van der Waals surface area contributed by atoms with Crippen LogP contribution in [-0.2, 0) is 19.7 Å². The number of hydrogen-bond acceptors (Lipinski definition) is 4. The summed E-state index contributed by atoms with van der Waals surface area (Å²) < 4.78 is 45.5. The predicted octanol–water partition coefficient (Wildman–Crippen LogP) is -1.09. The molecule has 1 unspecified atom stereocenters. The van der Waals surface area contributed by atoms with E-state index in [-0.39, 0.29) is 0 Å². The van der Waals surface area contributed by atoms with Gasteiger partial charge in [-0.05, 0) is 13.3 Å². The molecule has 1 aliphatic heterocycles. The predicted molar refractivity (Wildman–Crippen MR) is 50.9 cm³/mol. The maximum atomic E-state index is 11.2. The third-order valence-electron chi connectivity index (χ3n) is 1.85. The van der Waals surface area contributed by atoms with Gasteiger partial charge in [-0.15, -0.1) is 3.71 Å². The molecule has 0 spiro atoms. The van der Waals surface area contributed by atoms with E-state index in [0.29, 0.717) is 23.0 Å². The van der Waals surface area contributed by atoms with Gasteiger partial charge in [0.2, 0.25) is 0 Å². The lowest BCUT2D eigenvalue weighted by Gasteiger charge is -2.21. The van der Waals surface area contributed by atoms with Crippen molar-refractivity contribution in [2.45, 2.75) is 26.3 Å². The molecule has 1 rings (SSSR count). The molecular weight excluding hydrogens is 212 g/mol. The third kappa shape index (κ3) is 1.92. The van der Waals surface area contributed by atoms with Crippen LogP contribution in [-0.4, -0.2) is 39.5 Å². The molecule has 1 atom stereocenters. The SMILES string of the molecule is CCC(C)N1S(=O)(=O)[B][B]S1(=O)=O. The monoisotopic (exact) mass is 221 g/mol. The van der Waals surface area contributed by atoms with E-state index in [2.05, 4.69) is 0 Å². The molecule has 1 heterocycles. The van der Waals surface area contributed by atoms with Crippen LogP contribution in [0.25, 0.3) is 0 Å². The van der Waals surface area contributed by atoms with Crippen LogP contribution >= 0.6 is 0 Å². The van der Waals surface area contributed by atoms with Gasteiger partial charge in [0, 0.05) is 6.04 Å². The van der Waals surface area contributed by atoms with Crippen LogP contribution in [0.1, 0.15) is 20.3 Å². The van der Waals surface area contributed by atoms with Gasteiger partial charge >= 0.3 is 0 Å². The minimum atomic E-state index is -3.74. The molecule has 2 radical (unpaired) electrons. The van der Waals surface area contributed by atoms with E-state index in [1.54, 1.807) is 13.8 Å². The van der Waals surface area contributed by atoms with Crippen LogP contribution in [0.15, 0.2) is 0 Å². The van der Waals surface area contributed by atoms with Crippen LogP contribution in [0.5, 0.6) is 0 Å². The van der Waals surface area contributed by atoms with Gasteiger partial charge in [-0.25, -0.2) is 16.8 Å². The molecule has 72 valence electrons. The Balaban J connectivity index is 3.17. The van der Waals surface area contributed by atoms with Crippen LogP contribution in [0.4, 0.5) is 0 Å². The fourth-order valence-electron chi connectivity index (χ4n) is 1.06. The third-order valence-corrected chi connectivity index (χ3v) is 5.95. The summed E-state index contributed by atoms with van der Waals surface area (Å²) in [6, 6.07) is -0.523. The molecule has 9 heteroatoms. The Kier molecular flexibility index (Phi) is 2.80. The van der Waals surface area contributed by atoms with Gasteiger partial charge in [0.15, 0.2) is 19.7 Å². The molecule has 0 aromatic heterocycles. The van der Waals surface area contributed by atoms with Crippen LogP contribution < -0.4 is 0 Å². The lowest BCUT2D eigenvalue weighted by Crippen LogP contribution is -2.37. The molecule has 13 heavy (non-hydrogen) atoms. The molecular formula is C4H9B2NO4S2. The maximum Gasteiger partial charge on any atom is 0.279 e. The zero-order valence-electron chi connectivity index (χ0n) is 7.34. The summed E-state index contributed by atoms with van der Waals surface area (Å²) in [6.07, 6.45) is 1.89. The smallest absolute Gasteiger partial charge is 0.226 e. The Morgan fingerprint density at radius 2 is 1.54 bits per heavy atom. The summed E-state index contributed by atoms with van der Waals surface area (Å²) in [5.41, 5.74) is 0. The summed E-state index contributed by atoms with van der Waals surface area (Å²) in [4.78, 5) is 0. The lowest BCUT2D eigenvalue weighted by atomic mass is 9.77. The van der Waals surface area contributed by atoms with E-state index < -0.39 is 25.8 Å². The van der Waals surface area contributed by atoms with Crippen molar-refractivity contribution in [3.05, 3.63) is 0 Å². The van der Waals surface area contributed by atoms with E-state index in [0.717, 1.165) is 0 Å². The van der Waals surface area contributed by atoms with Crippen molar-refractivity contribution in [2.24, 2.45) is 0 Å². The Hall–Kier alpha value is -0.0101. The molecule has 0 aromatic carbocycles. The first-order valence-corrected chi connectivity index (χ1v) is 6.79. The molecule has 1 aliphatic rings. The summed E-state index contributed by atoms with van der Waals surface area (Å²) in [5.74, 6) is 0. The number of hydrogen-bond donors (Lipinski definition) is 0. The van der Waals surface area contributed by atoms with Crippen molar-refractivity contribution >= 4 is 32.6 Å². The molecule has 0 aromatic rings. The number of rotatable bonds is 2. The van der Waals surface area contributed by atoms with Gasteiger partial charge in [-0.2, -0.15) is 0 Å². The highest BCUT2D eigenvalue weighted by Gasteiger charge is 2.45. The highest BCUT2D eigenvalue weighted by molar-refractivity contribution is 8.41. The average Bonchev–Trinajstić information content (AvgIpc) is 2.20. The fourth-order valence-corrected chi connectivity index (χ4v) is 5.18. The molecule has 0 bridgehead atoms. The summed E-state index contributed by atoms with van der Waals surface area (Å²) in [5, 5.41) is 0. The van der Waals surface area contributed by atoms with Gasteiger partial charge in [-0.3, -0.25) is 0 Å². The molecule has 0 N–H and O–H groups in total. The van der Waals surface area contributed by atoms with Crippen molar-refractivity contribution in [3.8, 4) is 0 Å². The van der Waals surface area contributed by atoms with Gasteiger partial charge in [-0.1, -0.05) is 6.92 Å². The fraction of sp³-hybridized carbons (Fsp3) is 1.00. The van der Waals surface area contributed by atoms with Crippen molar-refractivity contribution in [2.75, 3.05) is 0 Å². The standard InChI is InChI=1S/C4H9B2NO4S2/c1-3-4(2)7-12(8,9)5-6-13(7,10)11/h4H,3H2,1-2H3. The van der Waals surface area contributed by atoms with E-state index >= 15 is 0 Å². The van der Waals surface area contributed by atoms with E-state index in [4.69, 9.17) is 0 Å². The second-order valence-electron chi connectivity index (χ2n) is 2.84. The second kappa shape index (κ2) is 3.29. The van der Waals surface area contributed by atoms with Gasteiger partial charge in [0.05, 0.1) is 0 Å². The Morgan fingerprint density at radius 1 is 1.15 bits per heavy atom. The van der Waals surface area contributed by atoms with Gasteiger partial charge in [0.25, 0.3) is 12.9 Å². The van der Waals surface area contributed by atoms with Crippen molar-refractivity contribution < 1.29 is 16.8 Å². The number of nitrogens with zero attached hydrogens (tertiary/aromatic N) is 1. The lowest BCUT2D eigenvalue weighted by molar-refractivity contribution is 0.448. The first-order valence-electron chi connectivity index (χ1n) is 3.79. The second-order valence-corrected chi connectivity index (χ2v) is 6.47. The molecule has 0 saturated carbocycles. The highest BCUT2D eigenvalue weighted by atomic mass is 32.3. The minimum Gasteiger partial charge on any atom is -0.226 e. The van der Waals surface area contributed by atoms with E-state index in [9.17, 15) is 16.8 Å². The van der Waals surface area contributed by atoms with E-state index in [1.807, 2.05) is 0 Å². The normalized spacial score (nSPS) is 27.5. The van der Waals surface area contributed by atoms with Gasteiger partial charge in [0.1, 0.15) is 0 Å². The van der Waals surface area contributed by atoms with E-state index in [1.165, 1.54) is 0 Å². The first kappa shape index (κ1) is 11.1. The Bertz CT molecular complexity index is 354. The largest absolute Gasteiger partial charge is 0.279 e. The molecule has 0 amide bonds. The Labute approximate surface area is 79.9 Å². The van der Waals surface area contributed by atoms with Crippen LogP contribution in [0, 0.1) is 0 Å². The first-order chi connectivity index (χ1) is 5.81. The zero-order valence-corrected chi connectivity index (χ0v) is 8.97. The Morgan fingerprint density at radius 3 is 1.85 bits per heavy atom. The van der Waals surface area contributed by atoms with Gasteiger partial charge < -0.3 is 0 Å². The highest BCUT2D eigenvalue weighted by Crippen LogP contribution is 2.20. The topological polar surface area (TPSA) is 71.5 Å². The van der Waals surface area contributed by atoms with Crippen molar-refractivity contribution in [1.29, 1.82) is 0 Å². The summed E-state index contributed by atoms with van der Waals surface area (Å²) >= 11 is 0. The minimum absolute atomic E-state index is 0.458. The summed E-state index contributed by atoms with van der Waals surface area (Å²) in [6.45, 7) is 3.29. The molecule has 1 saturated heterocycles. The maximum absolute atomic E-state index is 11.2. The van der Waals surface area contributed by atoms with Crippen molar-refractivity contribution in [3.63, 3.8) is 0 Å². The molecule has 0 aliphatic carbocycles. The average molecular weight is 221 g/mol. The van der Waals surface area contributed by atoms with Crippen LogP contribution in [0.2, 0.25) is 0 Å². The molecule has 1 fully saturated rings. The van der Waals surface area contributed by atoms with Crippen molar-refractivity contribution in [1.82, 2.24) is 3.71 Å². The zero-order chi connectivity index (χ0) is 10.3. The summed E-state index contributed by atoms with van der Waals surface area (Å²) in [7, 11) is -7.48. The molecule has 5 nitrogen and oxygen atoms in total. The van der Waals surface area contributed by atoms with Crippen LogP contribution in [0.3, 0.4) is 0 Å².